The Balaban J connectivity index is 1.90. The van der Waals surface area contributed by atoms with E-state index < -0.39 is 9.84 Å². The molecular weight excluding hydrogens is 332 g/mol. The van der Waals surface area contributed by atoms with Crippen LogP contribution in [0.15, 0.2) is 18.2 Å². The van der Waals surface area contributed by atoms with E-state index in [-0.39, 0.29) is 23.5 Å². The van der Waals surface area contributed by atoms with Crippen molar-refractivity contribution in [3.8, 4) is 11.5 Å². The van der Waals surface area contributed by atoms with Crippen molar-refractivity contribution in [1.29, 1.82) is 0 Å². The number of methoxy groups -OCH3 is 2. The second-order valence-electron chi connectivity index (χ2n) is 5.95. The Hall–Kier alpha value is -2.22. The fraction of sp³-hybridized carbons (Fsp3) is 0.438. The normalized spacial score (nSPS) is 19.4. The molecule has 24 heavy (non-hydrogen) atoms. The first-order chi connectivity index (χ1) is 11.3. The van der Waals surface area contributed by atoms with Gasteiger partial charge in [-0.05, 0) is 18.6 Å². The largest absolute Gasteiger partial charge is 0.493 e. The number of ether oxygens (including phenoxy) is 2. The first-order valence-electron chi connectivity index (χ1n) is 7.57. The van der Waals surface area contributed by atoms with E-state index in [0.29, 0.717) is 23.6 Å². The Kier molecular flexibility index (Phi) is 4.16. The van der Waals surface area contributed by atoms with Crippen LogP contribution in [0.2, 0.25) is 0 Å². The quantitative estimate of drug-likeness (QED) is 0.899. The number of hydrogen-bond donors (Lipinski definition) is 1. The second-order valence-corrected chi connectivity index (χ2v) is 8.18. The van der Waals surface area contributed by atoms with Crippen LogP contribution in [0.1, 0.15) is 16.9 Å². The lowest BCUT2D eigenvalue weighted by molar-refractivity contribution is 0.0743. The minimum absolute atomic E-state index is 0.0249. The Bertz CT molecular complexity index is 846. The number of nitrogens with one attached hydrogen (secondary N) is 1. The van der Waals surface area contributed by atoms with E-state index in [4.69, 9.17) is 9.47 Å². The second kappa shape index (κ2) is 6.01. The van der Waals surface area contributed by atoms with Crippen molar-refractivity contribution in [1.82, 2.24) is 9.88 Å². The lowest BCUT2D eigenvalue weighted by Gasteiger charge is -2.22. The van der Waals surface area contributed by atoms with E-state index in [1.54, 1.807) is 39.5 Å². The van der Waals surface area contributed by atoms with Crippen LogP contribution in [0, 0.1) is 0 Å². The standard InChI is InChI=1S/C16H20N2O5S/c1-18(11-4-5-24(20,21)9-11)16(19)13-6-10-7-14(22-2)15(23-3)8-12(10)17-13/h6-8,11,17H,4-5,9H2,1-3H3/t11-/m0/s1. The van der Waals surface area contributed by atoms with Crippen LogP contribution in [-0.4, -0.2) is 63.0 Å². The molecular formula is C16H20N2O5S. The molecule has 130 valence electrons. The summed E-state index contributed by atoms with van der Waals surface area (Å²) in [6.45, 7) is 0. The molecule has 0 unspecified atom stereocenters. The van der Waals surface area contributed by atoms with E-state index in [9.17, 15) is 13.2 Å². The van der Waals surface area contributed by atoms with Gasteiger partial charge in [0.15, 0.2) is 21.3 Å². The van der Waals surface area contributed by atoms with Crippen LogP contribution in [0.5, 0.6) is 11.5 Å². The average molecular weight is 352 g/mol. The van der Waals surface area contributed by atoms with Crippen molar-refractivity contribution in [2.75, 3.05) is 32.8 Å². The van der Waals surface area contributed by atoms with E-state index in [2.05, 4.69) is 4.98 Å². The van der Waals surface area contributed by atoms with Crippen LogP contribution in [0.3, 0.4) is 0 Å². The Morgan fingerprint density at radius 1 is 1.21 bits per heavy atom. The Labute approximate surface area is 140 Å². The molecule has 1 fully saturated rings. The first-order valence-corrected chi connectivity index (χ1v) is 9.39. The van der Waals surface area contributed by atoms with Gasteiger partial charge in [0, 0.05) is 30.1 Å². The molecule has 3 rings (SSSR count). The molecule has 0 aliphatic carbocycles. The maximum atomic E-state index is 12.7. The van der Waals surface area contributed by atoms with E-state index in [0.717, 1.165) is 10.9 Å². The summed E-state index contributed by atoms with van der Waals surface area (Å²) >= 11 is 0. The topological polar surface area (TPSA) is 88.7 Å². The summed E-state index contributed by atoms with van der Waals surface area (Å²) in [5.41, 5.74) is 1.16. The van der Waals surface area contributed by atoms with Crippen molar-refractivity contribution in [3.63, 3.8) is 0 Å². The van der Waals surface area contributed by atoms with Gasteiger partial charge in [0.2, 0.25) is 0 Å². The number of rotatable bonds is 4. The van der Waals surface area contributed by atoms with E-state index in [1.807, 2.05) is 0 Å². The maximum absolute atomic E-state index is 12.7. The zero-order chi connectivity index (χ0) is 17.5. The predicted molar refractivity (Wildman–Crippen MR) is 90.6 cm³/mol. The molecule has 2 aromatic rings. The summed E-state index contributed by atoms with van der Waals surface area (Å²) in [7, 11) is 1.70. The number of fused-ring (bicyclic) bond motifs is 1. The number of nitrogens with zero attached hydrogens (tertiary/aromatic N) is 1. The third-order valence-electron chi connectivity index (χ3n) is 4.43. The molecule has 2 heterocycles. The summed E-state index contributed by atoms with van der Waals surface area (Å²) in [5.74, 6) is 1.08. The van der Waals surface area contributed by atoms with Gasteiger partial charge in [-0.2, -0.15) is 0 Å². The molecule has 1 aromatic carbocycles. The molecule has 1 aromatic heterocycles. The number of aromatic amines is 1. The molecule has 1 aliphatic heterocycles. The zero-order valence-corrected chi connectivity index (χ0v) is 14.6. The molecule has 0 spiro atoms. The number of hydrogen-bond acceptors (Lipinski definition) is 5. The van der Waals surface area contributed by atoms with Crippen LogP contribution in [0.25, 0.3) is 10.9 Å². The van der Waals surface area contributed by atoms with Crippen LogP contribution in [-0.2, 0) is 9.84 Å². The number of amides is 1. The molecule has 0 radical (unpaired) electrons. The zero-order valence-electron chi connectivity index (χ0n) is 13.8. The molecule has 1 saturated heterocycles. The predicted octanol–water partition coefficient (Wildman–Crippen LogP) is 1.44. The van der Waals surface area contributed by atoms with Gasteiger partial charge >= 0.3 is 0 Å². The number of aromatic nitrogens is 1. The lowest BCUT2D eigenvalue weighted by atomic mass is 10.2. The highest BCUT2D eigenvalue weighted by molar-refractivity contribution is 7.91. The van der Waals surface area contributed by atoms with Gasteiger partial charge in [0.1, 0.15) is 5.69 Å². The van der Waals surface area contributed by atoms with Gasteiger partial charge in [0.05, 0.1) is 25.7 Å². The van der Waals surface area contributed by atoms with Crippen molar-refractivity contribution in [3.05, 3.63) is 23.9 Å². The van der Waals surface area contributed by atoms with E-state index >= 15 is 0 Å². The molecule has 7 nitrogen and oxygen atoms in total. The van der Waals surface area contributed by atoms with Crippen LogP contribution >= 0.6 is 0 Å². The number of benzene rings is 1. The average Bonchev–Trinajstić information content (AvgIpc) is 3.14. The number of carbonyl (C=O) groups excluding carboxylic acids is 1. The number of sulfone groups is 1. The van der Waals surface area contributed by atoms with Gasteiger partial charge < -0.3 is 19.4 Å². The lowest BCUT2D eigenvalue weighted by Crippen LogP contribution is -2.37. The molecule has 0 bridgehead atoms. The minimum atomic E-state index is -3.04. The highest BCUT2D eigenvalue weighted by atomic mass is 32.2. The van der Waals surface area contributed by atoms with Crippen LogP contribution < -0.4 is 9.47 Å². The van der Waals surface area contributed by atoms with Crippen LogP contribution in [0.4, 0.5) is 0 Å². The third-order valence-corrected chi connectivity index (χ3v) is 6.18. The molecule has 8 heteroatoms. The summed E-state index contributed by atoms with van der Waals surface area (Å²) in [6.07, 6.45) is 0.479. The SMILES string of the molecule is COc1cc2cc(C(=O)N(C)[C@H]3CCS(=O)(=O)C3)[nH]c2cc1OC. The summed E-state index contributed by atoms with van der Waals surface area (Å²) in [6, 6.07) is 5.02. The molecule has 1 N–H and O–H groups in total. The fourth-order valence-corrected chi connectivity index (χ4v) is 4.79. The van der Waals surface area contributed by atoms with Gasteiger partial charge in [-0.3, -0.25) is 4.79 Å². The summed E-state index contributed by atoms with van der Waals surface area (Å²) in [5, 5.41) is 0.823. The molecule has 1 atom stereocenters. The summed E-state index contributed by atoms with van der Waals surface area (Å²) in [4.78, 5) is 17.2. The maximum Gasteiger partial charge on any atom is 0.270 e. The Morgan fingerprint density at radius 3 is 2.46 bits per heavy atom. The number of H-pyrrole nitrogens is 1. The van der Waals surface area contributed by atoms with Gasteiger partial charge in [-0.1, -0.05) is 0 Å². The third kappa shape index (κ3) is 2.93. The molecule has 0 saturated carbocycles. The Morgan fingerprint density at radius 2 is 1.88 bits per heavy atom. The summed E-state index contributed by atoms with van der Waals surface area (Å²) < 4.78 is 33.7. The molecule has 1 aliphatic rings. The van der Waals surface area contributed by atoms with Gasteiger partial charge in [-0.25, -0.2) is 8.42 Å². The first kappa shape index (κ1) is 16.6. The van der Waals surface area contributed by atoms with E-state index in [1.165, 1.54) is 4.90 Å². The monoisotopic (exact) mass is 352 g/mol. The van der Waals surface area contributed by atoms with Crippen molar-refractivity contribution < 1.29 is 22.7 Å². The smallest absolute Gasteiger partial charge is 0.270 e. The fourth-order valence-electron chi connectivity index (χ4n) is 3.01. The van der Waals surface area contributed by atoms with Gasteiger partial charge in [-0.15, -0.1) is 0 Å². The minimum Gasteiger partial charge on any atom is -0.493 e. The molecule has 1 amide bonds. The number of carbonyl (C=O) groups is 1. The van der Waals surface area contributed by atoms with Gasteiger partial charge in [0.25, 0.3) is 5.91 Å². The highest BCUT2D eigenvalue weighted by Crippen LogP contribution is 2.32. The van der Waals surface area contributed by atoms with Crippen molar-refractivity contribution >= 4 is 26.6 Å². The van der Waals surface area contributed by atoms with Crippen molar-refractivity contribution in [2.24, 2.45) is 0 Å². The highest BCUT2D eigenvalue weighted by Gasteiger charge is 2.33. The van der Waals surface area contributed by atoms with Crippen molar-refractivity contribution in [2.45, 2.75) is 12.5 Å².